The van der Waals surface area contributed by atoms with Gasteiger partial charge in [-0.15, -0.1) is 0 Å². The molecule has 0 saturated carbocycles. The Morgan fingerprint density at radius 2 is 1.77 bits per heavy atom. The Hall–Kier alpha value is -3.04. The van der Waals surface area contributed by atoms with Crippen LogP contribution < -0.4 is 24.8 Å². The molecule has 162 valence electrons. The average Bonchev–Trinajstić information content (AvgIpc) is 2.77. The minimum atomic E-state index is -0.447. The van der Waals surface area contributed by atoms with E-state index in [1.54, 1.807) is 56.7 Å². The largest absolute Gasteiger partial charge is 0.494 e. The summed E-state index contributed by atoms with van der Waals surface area (Å²) in [7, 11) is 3.09. The fourth-order valence-corrected chi connectivity index (χ4v) is 3.15. The zero-order valence-electron chi connectivity index (χ0n) is 17.0. The molecule has 2 aromatic heterocycles. The van der Waals surface area contributed by atoms with Crippen molar-refractivity contribution in [3.63, 3.8) is 0 Å². The van der Waals surface area contributed by atoms with E-state index in [9.17, 15) is 4.79 Å². The van der Waals surface area contributed by atoms with Gasteiger partial charge in [-0.25, -0.2) is 9.97 Å². The van der Waals surface area contributed by atoms with Crippen LogP contribution in [0.4, 0.5) is 17.2 Å². The molecule has 0 saturated heterocycles. The number of para-hydroxylation sites is 1. The summed E-state index contributed by atoms with van der Waals surface area (Å²) in [6, 6.07) is 11.9. The number of amides is 1. The van der Waals surface area contributed by atoms with Crippen molar-refractivity contribution in [2.45, 2.75) is 6.92 Å². The van der Waals surface area contributed by atoms with Crippen LogP contribution >= 0.6 is 27.5 Å². The van der Waals surface area contributed by atoms with Crippen molar-refractivity contribution in [1.82, 2.24) is 9.97 Å². The number of nitrogens with one attached hydrogen (secondary N) is 2. The number of aromatic nitrogens is 2. The highest BCUT2D eigenvalue weighted by molar-refractivity contribution is 9.10. The third kappa shape index (κ3) is 5.36. The summed E-state index contributed by atoms with van der Waals surface area (Å²) in [6.45, 7) is 2.28. The third-order valence-electron chi connectivity index (χ3n) is 4.10. The van der Waals surface area contributed by atoms with E-state index in [4.69, 9.17) is 25.8 Å². The molecule has 0 aliphatic rings. The topological polar surface area (TPSA) is 94.6 Å². The highest BCUT2D eigenvalue weighted by Gasteiger charge is 2.18. The molecule has 0 atom stereocenters. The number of benzene rings is 1. The lowest BCUT2D eigenvalue weighted by Crippen LogP contribution is -2.16. The summed E-state index contributed by atoms with van der Waals surface area (Å²) < 4.78 is 16.6. The lowest BCUT2D eigenvalue weighted by Gasteiger charge is -2.17. The summed E-state index contributed by atoms with van der Waals surface area (Å²) in [5.74, 6) is 1.32. The quantitative estimate of drug-likeness (QED) is 0.399. The van der Waals surface area contributed by atoms with Crippen LogP contribution in [0.3, 0.4) is 0 Å². The van der Waals surface area contributed by atoms with Crippen LogP contribution in [-0.2, 0) is 0 Å². The van der Waals surface area contributed by atoms with Crippen molar-refractivity contribution in [3.05, 3.63) is 57.8 Å². The van der Waals surface area contributed by atoms with E-state index in [0.717, 1.165) is 0 Å². The van der Waals surface area contributed by atoms with Gasteiger partial charge in [0.2, 0.25) is 5.88 Å². The average molecular weight is 508 g/mol. The molecule has 0 radical (unpaired) electrons. The standard InChI is InChI=1S/C21H20BrClN4O4/c1-4-31-17-10-5-7-13(24-17)21(28)25-14-11-12(23)19(22)27-20(14)26-18-15(29-2)8-6-9-16(18)30-3/h5-11H,4H2,1-3H3,(H,25,28)(H,26,27). The molecule has 3 aromatic rings. The highest BCUT2D eigenvalue weighted by Crippen LogP contribution is 2.39. The van der Waals surface area contributed by atoms with Gasteiger partial charge in [0, 0.05) is 6.07 Å². The van der Waals surface area contributed by atoms with Crippen molar-refractivity contribution < 1.29 is 19.0 Å². The Morgan fingerprint density at radius 3 is 2.42 bits per heavy atom. The normalized spacial score (nSPS) is 10.4. The van der Waals surface area contributed by atoms with Gasteiger partial charge in [-0.2, -0.15) is 0 Å². The first-order valence-corrected chi connectivity index (χ1v) is 10.4. The molecule has 0 fully saturated rings. The number of anilines is 3. The summed E-state index contributed by atoms with van der Waals surface area (Å²) in [5.41, 5.74) is 1.07. The van der Waals surface area contributed by atoms with E-state index < -0.39 is 5.91 Å². The summed E-state index contributed by atoms with van der Waals surface area (Å²) >= 11 is 9.54. The Kier molecular flexibility index (Phi) is 7.54. The van der Waals surface area contributed by atoms with Crippen LogP contribution in [0, 0.1) is 0 Å². The number of carbonyl (C=O) groups is 1. The van der Waals surface area contributed by atoms with Gasteiger partial charge in [-0.3, -0.25) is 4.79 Å². The number of methoxy groups -OCH3 is 2. The number of nitrogens with zero attached hydrogens (tertiary/aromatic N) is 2. The third-order valence-corrected chi connectivity index (χ3v) is 5.22. The van der Waals surface area contributed by atoms with Crippen LogP contribution in [0.1, 0.15) is 17.4 Å². The van der Waals surface area contributed by atoms with Crippen molar-refractivity contribution in [3.8, 4) is 17.4 Å². The minimum absolute atomic E-state index is 0.186. The number of carbonyl (C=O) groups excluding carboxylic acids is 1. The second-order valence-electron chi connectivity index (χ2n) is 6.07. The van der Waals surface area contributed by atoms with Gasteiger partial charge >= 0.3 is 0 Å². The summed E-state index contributed by atoms with van der Waals surface area (Å²) in [4.78, 5) is 21.5. The lowest BCUT2D eigenvalue weighted by molar-refractivity contribution is 0.102. The first kappa shape index (κ1) is 22.6. The molecule has 0 aliphatic carbocycles. The van der Waals surface area contributed by atoms with Gasteiger partial charge in [0.15, 0.2) is 5.82 Å². The second kappa shape index (κ2) is 10.3. The number of hydrogen-bond donors (Lipinski definition) is 2. The van der Waals surface area contributed by atoms with Gasteiger partial charge in [0.05, 0.1) is 31.5 Å². The molecule has 0 aliphatic heterocycles. The summed E-state index contributed by atoms with van der Waals surface area (Å²) in [5, 5.41) is 6.27. The van der Waals surface area contributed by atoms with Crippen molar-refractivity contribution in [2.75, 3.05) is 31.5 Å². The van der Waals surface area contributed by atoms with Gasteiger partial charge in [0.25, 0.3) is 5.91 Å². The van der Waals surface area contributed by atoms with Gasteiger partial charge in [0.1, 0.15) is 27.5 Å². The zero-order valence-corrected chi connectivity index (χ0v) is 19.4. The van der Waals surface area contributed by atoms with Crippen LogP contribution in [0.25, 0.3) is 0 Å². The first-order valence-electron chi connectivity index (χ1n) is 9.22. The van der Waals surface area contributed by atoms with Crippen molar-refractivity contribution >= 4 is 50.6 Å². The van der Waals surface area contributed by atoms with E-state index in [0.29, 0.717) is 50.8 Å². The molecule has 3 rings (SSSR count). The number of halogens is 2. The molecule has 1 aromatic carbocycles. The SMILES string of the molecule is CCOc1cccc(C(=O)Nc2cc(Cl)c(Br)nc2Nc2c(OC)cccc2OC)n1. The monoisotopic (exact) mass is 506 g/mol. The predicted octanol–water partition coefficient (Wildman–Crippen LogP) is 5.30. The number of rotatable bonds is 8. The fourth-order valence-electron chi connectivity index (χ4n) is 2.71. The molecule has 0 bridgehead atoms. The molecule has 8 nitrogen and oxygen atoms in total. The smallest absolute Gasteiger partial charge is 0.274 e. The lowest BCUT2D eigenvalue weighted by atomic mass is 10.2. The number of hydrogen-bond acceptors (Lipinski definition) is 7. The molecule has 2 N–H and O–H groups in total. The minimum Gasteiger partial charge on any atom is -0.494 e. The molecule has 0 spiro atoms. The Balaban J connectivity index is 1.97. The van der Waals surface area contributed by atoms with Crippen molar-refractivity contribution in [1.29, 1.82) is 0 Å². The van der Waals surface area contributed by atoms with E-state index in [1.165, 1.54) is 0 Å². The maximum absolute atomic E-state index is 12.8. The van der Waals surface area contributed by atoms with Crippen LogP contribution in [-0.4, -0.2) is 36.7 Å². The van der Waals surface area contributed by atoms with Crippen LogP contribution in [0.15, 0.2) is 47.1 Å². The Bertz CT molecular complexity index is 1070. The van der Waals surface area contributed by atoms with Crippen molar-refractivity contribution in [2.24, 2.45) is 0 Å². The maximum atomic E-state index is 12.8. The maximum Gasteiger partial charge on any atom is 0.274 e. The number of pyridine rings is 2. The van der Waals surface area contributed by atoms with Gasteiger partial charge in [-0.1, -0.05) is 23.7 Å². The Labute approximate surface area is 193 Å². The first-order chi connectivity index (χ1) is 15.0. The van der Waals surface area contributed by atoms with Crippen LogP contribution in [0.2, 0.25) is 5.02 Å². The molecule has 10 heteroatoms. The fraction of sp³-hybridized carbons (Fsp3) is 0.190. The van der Waals surface area contributed by atoms with Gasteiger partial charge in [-0.05, 0) is 47.1 Å². The summed E-state index contributed by atoms with van der Waals surface area (Å²) in [6.07, 6.45) is 0. The van der Waals surface area contributed by atoms with Gasteiger partial charge < -0.3 is 24.8 Å². The molecular weight excluding hydrogens is 488 g/mol. The van der Waals surface area contributed by atoms with E-state index in [-0.39, 0.29) is 5.69 Å². The number of ether oxygens (including phenoxy) is 3. The molecule has 0 unspecified atom stereocenters. The predicted molar refractivity (Wildman–Crippen MR) is 123 cm³/mol. The van der Waals surface area contributed by atoms with E-state index in [2.05, 4.69) is 36.5 Å². The molecule has 31 heavy (non-hydrogen) atoms. The Morgan fingerprint density at radius 1 is 1.10 bits per heavy atom. The van der Waals surface area contributed by atoms with E-state index in [1.807, 2.05) is 6.92 Å². The molecule has 1 amide bonds. The second-order valence-corrected chi connectivity index (χ2v) is 7.23. The zero-order chi connectivity index (χ0) is 22.4. The molecule has 2 heterocycles. The molecular formula is C21H20BrClN4O4. The van der Waals surface area contributed by atoms with E-state index >= 15 is 0 Å². The van der Waals surface area contributed by atoms with Crippen LogP contribution in [0.5, 0.6) is 17.4 Å². The highest BCUT2D eigenvalue weighted by atomic mass is 79.9.